The van der Waals surface area contributed by atoms with Crippen LogP contribution in [0.2, 0.25) is 0 Å². The number of ether oxygens (including phenoxy) is 2. The molecular weight excluding hydrogens is 340 g/mol. The third-order valence-corrected chi connectivity index (χ3v) is 4.43. The number of aliphatic hydroxyl groups excluding tert-OH is 1. The molecule has 2 rings (SSSR count). The summed E-state index contributed by atoms with van der Waals surface area (Å²) >= 11 is 0. The van der Waals surface area contributed by atoms with E-state index >= 15 is 0 Å². The Hall–Kier alpha value is -2.33. The number of aliphatic hydroxyl groups is 1. The van der Waals surface area contributed by atoms with Gasteiger partial charge in [0.15, 0.2) is 0 Å². The Bertz CT molecular complexity index is 675. The van der Waals surface area contributed by atoms with Crippen molar-refractivity contribution >= 4 is 5.97 Å². The number of carbonyl (C=O) groups excluding carboxylic acids is 1. The van der Waals surface area contributed by atoms with Crippen molar-refractivity contribution in [1.82, 2.24) is 0 Å². The molecule has 0 saturated heterocycles. The molecule has 0 heterocycles. The first-order valence-electron chi connectivity index (χ1n) is 9.83. The van der Waals surface area contributed by atoms with E-state index < -0.39 is 12.1 Å². The number of rotatable bonds is 11. The maximum absolute atomic E-state index is 12.2. The Morgan fingerprint density at radius 3 is 2.11 bits per heavy atom. The molecule has 4 heteroatoms. The lowest BCUT2D eigenvalue weighted by molar-refractivity contribution is 0.0734. The standard InChI is InChI=1S/C23H30O4/c1-3-4-5-6-7-8-17-26-21-13-15-22(16-14-21)27-23(25)20-11-9-19(10-12-20)18(2)24/h9-16,18,24H,3-8,17H2,1-2H3. The molecule has 2 aromatic rings. The van der Waals surface area contributed by atoms with E-state index in [1.54, 1.807) is 43.3 Å². The number of hydrogen-bond donors (Lipinski definition) is 1. The molecule has 0 radical (unpaired) electrons. The van der Waals surface area contributed by atoms with Gasteiger partial charge < -0.3 is 14.6 Å². The van der Waals surface area contributed by atoms with Crippen LogP contribution in [-0.4, -0.2) is 17.7 Å². The SMILES string of the molecule is CCCCCCCCOc1ccc(OC(=O)c2ccc(C(C)O)cc2)cc1. The summed E-state index contributed by atoms with van der Waals surface area (Å²) in [5.41, 5.74) is 1.21. The normalized spacial score (nSPS) is 11.8. The van der Waals surface area contributed by atoms with E-state index in [-0.39, 0.29) is 0 Å². The second-order valence-corrected chi connectivity index (χ2v) is 6.78. The monoisotopic (exact) mass is 370 g/mol. The van der Waals surface area contributed by atoms with Crippen LogP contribution >= 0.6 is 0 Å². The van der Waals surface area contributed by atoms with Gasteiger partial charge in [0.1, 0.15) is 11.5 Å². The maximum Gasteiger partial charge on any atom is 0.343 e. The Balaban J connectivity index is 1.75. The summed E-state index contributed by atoms with van der Waals surface area (Å²) in [6, 6.07) is 13.9. The maximum atomic E-state index is 12.2. The summed E-state index contributed by atoms with van der Waals surface area (Å²) in [7, 11) is 0. The molecule has 0 aliphatic rings. The molecule has 4 nitrogen and oxygen atoms in total. The molecule has 1 N–H and O–H groups in total. The highest BCUT2D eigenvalue weighted by Gasteiger charge is 2.10. The number of hydrogen-bond acceptors (Lipinski definition) is 4. The van der Waals surface area contributed by atoms with Crippen LogP contribution in [0.4, 0.5) is 0 Å². The molecule has 0 bridgehead atoms. The van der Waals surface area contributed by atoms with Crippen molar-refractivity contribution in [2.45, 2.75) is 58.5 Å². The molecule has 0 aliphatic carbocycles. The highest BCUT2D eigenvalue weighted by Crippen LogP contribution is 2.20. The minimum absolute atomic E-state index is 0.423. The molecule has 0 saturated carbocycles. The number of carbonyl (C=O) groups is 1. The van der Waals surface area contributed by atoms with E-state index in [4.69, 9.17) is 9.47 Å². The Labute approximate surface area is 162 Å². The molecule has 1 atom stereocenters. The fourth-order valence-electron chi connectivity index (χ4n) is 2.74. The van der Waals surface area contributed by atoms with Crippen LogP contribution in [-0.2, 0) is 0 Å². The molecule has 0 amide bonds. The molecule has 0 aliphatic heterocycles. The molecular formula is C23H30O4. The lowest BCUT2D eigenvalue weighted by atomic mass is 10.1. The van der Waals surface area contributed by atoms with E-state index in [2.05, 4.69) is 6.92 Å². The topological polar surface area (TPSA) is 55.8 Å². The zero-order valence-electron chi connectivity index (χ0n) is 16.3. The Morgan fingerprint density at radius 2 is 1.48 bits per heavy atom. The van der Waals surface area contributed by atoms with Crippen molar-refractivity contribution in [3.05, 3.63) is 59.7 Å². The average molecular weight is 370 g/mol. The van der Waals surface area contributed by atoms with Crippen LogP contribution < -0.4 is 9.47 Å². The fourth-order valence-corrected chi connectivity index (χ4v) is 2.74. The van der Waals surface area contributed by atoms with Crippen molar-refractivity contribution in [2.24, 2.45) is 0 Å². The Morgan fingerprint density at radius 1 is 0.889 bits per heavy atom. The molecule has 0 spiro atoms. The summed E-state index contributed by atoms with van der Waals surface area (Å²) in [6.07, 6.45) is 6.85. The van der Waals surface area contributed by atoms with Crippen molar-refractivity contribution in [3.8, 4) is 11.5 Å². The lowest BCUT2D eigenvalue weighted by Gasteiger charge is -2.09. The number of benzene rings is 2. The van der Waals surface area contributed by atoms with Crippen LogP contribution in [0.15, 0.2) is 48.5 Å². The van der Waals surface area contributed by atoms with Gasteiger partial charge in [-0.2, -0.15) is 0 Å². The zero-order valence-corrected chi connectivity index (χ0v) is 16.3. The molecule has 2 aromatic carbocycles. The first kappa shape index (κ1) is 21.0. The van der Waals surface area contributed by atoms with Gasteiger partial charge in [0.05, 0.1) is 18.3 Å². The van der Waals surface area contributed by atoms with Crippen LogP contribution in [0, 0.1) is 0 Å². The minimum atomic E-state index is -0.557. The van der Waals surface area contributed by atoms with Crippen molar-refractivity contribution in [2.75, 3.05) is 6.61 Å². The van der Waals surface area contributed by atoms with E-state index in [1.807, 2.05) is 12.1 Å². The minimum Gasteiger partial charge on any atom is -0.494 e. The molecule has 146 valence electrons. The predicted molar refractivity (Wildman–Crippen MR) is 107 cm³/mol. The third kappa shape index (κ3) is 7.43. The van der Waals surface area contributed by atoms with Crippen LogP contribution in [0.25, 0.3) is 0 Å². The first-order valence-corrected chi connectivity index (χ1v) is 9.83. The molecule has 0 aromatic heterocycles. The molecule has 0 fully saturated rings. The largest absolute Gasteiger partial charge is 0.494 e. The molecule has 27 heavy (non-hydrogen) atoms. The van der Waals surface area contributed by atoms with Gasteiger partial charge in [0.2, 0.25) is 0 Å². The van der Waals surface area contributed by atoms with Gasteiger partial charge in [-0.3, -0.25) is 0 Å². The second-order valence-electron chi connectivity index (χ2n) is 6.78. The van der Waals surface area contributed by atoms with Gasteiger partial charge in [-0.15, -0.1) is 0 Å². The van der Waals surface area contributed by atoms with E-state index in [9.17, 15) is 9.90 Å². The second kappa shape index (κ2) is 11.4. The average Bonchev–Trinajstić information content (AvgIpc) is 2.68. The number of esters is 1. The third-order valence-electron chi connectivity index (χ3n) is 4.43. The van der Waals surface area contributed by atoms with E-state index in [0.717, 1.165) is 17.7 Å². The Kier molecular flexibility index (Phi) is 8.85. The van der Waals surface area contributed by atoms with Gasteiger partial charge in [-0.1, -0.05) is 51.2 Å². The van der Waals surface area contributed by atoms with E-state index in [0.29, 0.717) is 17.9 Å². The van der Waals surface area contributed by atoms with Crippen LogP contribution in [0.3, 0.4) is 0 Å². The van der Waals surface area contributed by atoms with E-state index in [1.165, 1.54) is 32.1 Å². The van der Waals surface area contributed by atoms with Gasteiger partial charge in [-0.05, 0) is 55.3 Å². The van der Waals surface area contributed by atoms with Gasteiger partial charge in [0, 0.05) is 0 Å². The fraction of sp³-hybridized carbons (Fsp3) is 0.435. The zero-order chi connectivity index (χ0) is 19.5. The summed E-state index contributed by atoms with van der Waals surface area (Å²) in [4.78, 5) is 12.2. The van der Waals surface area contributed by atoms with Crippen molar-refractivity contribution in [3.63, 3.8) is 0 Å². The summed E-state index contributed by atoms with van der Waals surface area (Å²) in [5, 5.41) is 9.51. The van der Waals surface area contributed by atoms with Gasteiger partial charge >= 0.3 is 5.97 Å². The van der Waals surface area contributed by atoms with Gasteiger partial charge in [-0.25, -0.2) is 4.79 Å². The first-order chi connectivity index (χ1) is 13.1. The van der Waals surface area contributed by atoms with Crippen molar-refractivity contribution in [1.29, 1.82) is 0 Å². The molecule has 1 unspecified atom stereocenters. The predicted octanol–water partition coefficient (Wildman–Crippen LogP) is 5.70. The van der Waals surface area contributed by atoms with Crippen LogP contribution in [0.5, 0.6) is 11.5 Å². The quantitative estimate of drug-likeness (QED) is 0.313. The lowest BCUT2D eigenvalue weighted by Crippen LogP contribution is -2.08. The smallest absolute Gasteiger partial charge is 0.343 e. The highest BCUT2D eigenvalue weighted by atomic mass is 16.5. The summed E-state index contributed by atoms with van der Waals surface area (Å²) in [5.74, 6) is 0.837. The van der Waals surface area contributed by atoms with Crippen LogP contribution in [0.1, 0.15) is 74.4 Å². The summed E-state index contributed by atoms with van der Waals surface area (Å²) in [6.45, 7) is 4.61. The van der Waals surface area contributed by atoms with Gasteiger partial charge in [0.25, 0.3) is 0 Å². The van der Waals surface area contributed by atoms with Crippen molar-refractivity contribution < 1.29 is 19.4 Å². The summed E-state index contributed by atoms with van der Waals surface area (Å²) < 4.78 is 11.1. The number of unbranched alkanes of at least 4 members (excludes halogenated alkanes) is 5. The highest BCUT2D eigenvalue weighted by molar-refractivity contribution is 5.91.